The summed E-state index contributed by atoms with van der Waals surface area (Å²) in [6.45, 7) is 5.01. The number of amides is 1. The predicted octanol–water partition coefficient (Wildman–Crippen LogP) is 3.16. The second kappa shape index (κ2) is 9.01. The molecule has 1 amide bonds. The van der Waals surface area contributed by atoms with Gasteiger partial charge in [0.15, 0.2) is 0 Å². The Hall–Kier alpha value is -2.63. The van der Waals surface area contributed by atoms with E-state index in [1.807, 2.05) is 20.9 Å². The molecule has 2 rings (SSSR count). The Morgan fingerprint density at radius 3 is 2.64 bits per heavy atom. The smallest absolute Gasteiger partial charge is 0.244 e. The summed E-state index contributed by atoms with van der Waals surface area (Å²) in [5.41, 5.74) is 2.91. The van der Waals surface area contributed by atoms with Crippen molar-refractivity contribution in [2.45, 2.75) is 26.7 Å². The summed E-state index contributed by atoms with van der Waals surface area (Å²) >= 11 is 0. The van der Waals surface area contributed by atoms with Gasteiger partial charge in [0.2, 0.25) is 5.91 Å². The molecule has 5 nitrogen and oxygen atoms in total. The molecule has 0 bridgehead atoms. The zero-order chi connectivity index (χ0) is 18.2. The number of hydrogen-bond donors (Lipinski definition) is 1. The van der Waals surface area contributed by atoms with Crippen molar-refractivity contribution in [3.63, 3.8) is 0 Å². The number of nitrogens with one attached hydrogen (secondary N) is 1. The van der Waals surface area contributed by atoms with Gasteiger partial charge >= 0.3 is 0 Å². The van der Waals surface area contributed by atoms with E-state index >= 15 is 0 Å². The molecule has 2 aromatic rings. The van der Waals surface area contributed by atoms with Crippen LogP contribution >= 0.6 is 0 Å². The first-order valence-electron chi connectivity index (χ1n) is 8.32. The summed E-state index contributed by atoms with van der Waals surface area (Å²) in [6, 6.07) is 5.94. The predicted molar refractivity (Wildman–Crippen MR) is 95.9 cm³/mol. The van der Waals surface area contributed by atoms with Gasteiger partial charge in [-0.05, 0) is 57.0 Å². The first-order chi connectivity index (χ1) is 12.0. The Bertz CT molecular complexity index is 736. The topological polar surface area (TPSA) is 56.2 Å². The Morgan fingerprint density at radius 1 is 1.28 bits per heavy atom. The van der Waals surface area contributed by atoms with E-state index in [2.05, 4.69) is 10.4 Å². The van der Waals surface area contributed by atoms with Crippen LogP contribution in [0.25, 0.3) is 6.08 Å². The van der Waals surface area contributed by atoms with Crippen LogP contribution in [0.1, 0.15) is 29.8 Å². The van der Waals surface area contributed by atoms with Gasteiger partial charge in [0, 0.05) is 30.9 Å². The van der Waals surface area contributed by atoms with Crippen LogP contribution < -0.4 is 10.1 Å². The number of halogens is 1. The number of carbonyl (C=O) groups is 1. The third-order valence-corrected chi connectivity index (χ3v) is 3.92. The number of carbonyl (C=O) groups excluding carboxylic acids is 1. The molecule has 6 heteroatoms. The Labute approximate surface area is 147 Å². The van der Waals surface area contributed by atoms with Crippen LogP contribution in [0.5, 0.6) is 5.75 Å². The average molecular weight is 345 g/mol. The summed E-state index contributed by atoms with van der Waals surface area (Å²) in [5.74, 6) is 0.248. The lowest BCUT2D eigenvalue weighted by Gasteiger charge is -2.06. The highest BCUT2D eigenvalue weighted by Crippen LogP contribution is 2.13. The molecular weight excluding hydrogens is 321 g/mol. The summed E-state index contributed by atoms with van der Waals surface area (Å²) in [6.07, 6.45) is 4.95. The minimum atomic E-state index is -0.278. The van der Waals surface area contributed by atoms with Crippen molar-refractivity contribution in [1.82, 2.24) is 15.1 Å². The van der Waals surface area contributed by atoms with Gasteiger partial charge in [-0.1, -0.05) is 0 Å². The molecule has 1 heterocycles. The van der Waals surface area contributed by atoms with E-state index in [9.17, 15) is 9.18 Å². The highest BCUT2D eigenvalue weighted by Gasteiger charge is 2.06. The Morgan fingerprint density at radius 2 is 2.00 bits per heavy atom. The molecule has 0 radical (unpaired) electrons. The molecule has 25 heavy (non-hydrogen) atoms. The summed E-state index contributed by atoms with van der Waals surface area (Å²) in [7, 11) is 1.88. The minimum absolute atomic E-state index is 0.123. The normalized spacial score (nSPS) is 11.0. The number of rotatable bonds is 8. The van der Waals surface area contributed by atoms with Gasteiger partial charge in [-0.15, -0.1) is 0 Å². The second-order valence-electron chi connectivity index (χ2n) is 5.84. The first kappa shape index (κ1) is 18.7. The number of nitrogens with zero attached hydrogens (tertiary/aromatic N) is 2. The molecule has 1 N–H and O–H groups in total. The minimum Gasteiger partial charge on any atom is -0.494 e. The van der Waals surface area contributed by atoms with Gasteiger partial charge in [0.1, 0.15) is 11.6 Å². The Kier molecular flexibility index (Phi) is 6.74. The molecule has 0 atom stereocenters. The number of aromatic nitrogens is 2. The standard InChI is InChI=1S/C19H24FN3O2/c1-14-18(15(2)23(3)22-14)10-11-19(24)21-12-4-5-13-25-17-8-6-16(20)7-9-17/h6-11H,4-5,12-13H2,1-3H3,(H,21,24)/b11-10+. The van der Waals surface area contributed by atoms with E-state index in [1.165, 1.54) is 18.2 Å². The fraction of sp³-hybridized carbons (Fsp3) is 0.368. The van der Waals surface area contributed by atoms with Crippen molar-refractivity contribution in [1.29, 1.82) is 0 Å². The van der Waals surface area contributed by atoms with Crippen molar-refractivity contribution in [3.05, 3.63) is 53.1 Å². The van der Waals surface area contributed by atoms with Gasteiger partial charge in [-0.25, -0.2) is 4.39 Å². The Balaban J connectivity index is 1.63. The quantitative estimate of drug-likeness (QED) is 0.591. The van der Waals surface area contributed by atoms with Gasteiger partial charge in [0.05, 0.1) is 12.3 Å². The van der Waals surface area contributed by atoms with E-state index in [4.69, 9.17) is 4.74 Å². The summed E-state index contributed by atoms with van der Waals surface area (Å²) < 4.78 is 20.1. The van der Waals surface area contributed by atoms with Crippen molar-refractivity contribution in [3.8, 4) is 5.75 Å². The van der Waals surface area contributed by atoms with E-state index in [-0.39, 0.29) is 11.7 Å². The maximum absolute atomic E-state index is 12.8. The lowest BCUT2D eigenvalue weighted by atomic mass is 10.2. The van der Waals surface area contributed by atoms with Crippen LogP contribution in [-0.4, -0.2) is 28.8 Å². The molecule has 0 fully saturated rings. The maximum atomic E-state index is 12.8. The fourth-order valence-electron chi connectivity index (χ4n) is 2.41. The SMILES string of the molecule is Cc1nn(C)c(C)c1/C=C/C(=O)NCCCCOc1ccc(F)cc1. The van der Waals surface area contributed by atoms with Crippen molar-refractivity contribution < 1.29 is 13.9 Å². The van der Waals surface area contributed by atoms with Crippen LogP contribution in [0.4, 0.5) is 4.39 Å². The van der Waals surface area contributed by atoms with E-state index < -0.39 is 0 Å². The molecule has 0 aliphatic carbocycles. The lowest BCUT2D eigenvalue weighted by molar-refractivity contribution is -0.116. The first-order valence-corrected chi connectivity index (χ1v) is 8.32. The highest BCUT2D eigenvalue weighted by molar-refractivity contribution is 5.91. The third-order valence-electron chi connectivity index (χ3n) is 3.92. The van der Waals surface area contributed by atoms with Crippen molar-refractivity contribution in [2.24, 2.45) is 7.05 Å². The zero-order valence-corrected chi connectivity index (χ0v) is 14.9. The summed E-state index contributed by atoms with van der Waals surface area (Å²) in [4.78, 5) is 11.8. The van der Waals surface area contributed by atoms with Crippen LogP contribution in [0, 0.1) is 19.7 Å². The second-order valence-corrected chi connectivity index (χ2v) is 5.84. The fourth-order valence-corrected chi connectivity index (χ4v) is 2.41. The molecule has 0 aliphatic rings. The van der Waals surface area contributed by atoms with Crippen molar-refractivity contribution in [2.75, 3.05) is 13.2 Å². The number of hydrogen-bond acceptors (Lipinski definition) is 3. The number of benzene rings is 1. The molecule has 0 unspecified atom stereocenters. The van der Waals surface area contributed by atoms with Gasteiger partial charge in [-0.2, -0.15) is 5.10 Å². The van der Waals surface area contributed by atoms with E-state index in [0.29, 0.717) is 18.9 Å². The van der Waals surface area contributed by atoms with Crippen LogP contribution in [0.2, 0.25) is 0 Å². The molecular formula is C19H24FN3O2. The molecule has 134 valence electrons. The van der Waals surface area contributed by atoms with Gasteiger partial charge in [-0.3, -0.25) is 9.48 Å². The van der Waals surface area contributed by atoms with E-state index in [1.54, 1.807) is 22.9 Å². The van der Waals surface area contributed by atoms with Crippen LogP contribution in [-0.2, 0) is 11.8 Å². The maximum Gasteiger partial charge on any atom is 0.244 e. The summed E-state index contributed by atoms with van der Waals surface area (Å²) in [5, 5.41) is 7.16. The highest BCUT2D eigenvalue weighted by atomic mass is 19.1. The molecule has 0 aliphatic heterocycles. The number of unbranched alkanes of at least 4 members (excludes halogenated alkanes) is 1. The van der Waals surface area contributed by atoms with Crippen molar-refractivity contribution >= 4 is 12.0 Å². The average Bonchev–Trinajstić information content (AvgIpc) is 2.83. The number of ether oxygens (including phenoxy) is 1. The van der Waals surface area contributed by atoms with Crippen LogP contribution in [0.15, 0.2) is 30.3 Å². The van der Waals surface area contributed by atoms with Crippen LogP contribution in [0.3, 0.4) is 0 Å². The van der Waals surface area contributed by atoms with Gasteiger partial charge < -0.3 is 10.1 Å². The lowest BCUT2D eigenvalue weighted by Crippen LogP contribution is -2.22. The third kappa shape index (κ3) is 5.74. The zero-order valence-electron chi connectivity index (χ0n) is 14.9. The van der Waals surface area contributed by atoms with Gasteiger partial charge in [0.25, 0.3) is 0 Å². The molecule has 1 aromatic heterocycles. The largest absolute Gasteiger partial charge is 0.494 e. The molecule has 0 spiro atoms. The number of aryl methyl sites for hydroxylation is 2. The monoisotopic (exact) mass is 345 g/mol. The molecule has 1 aromatic carbocycles. The molecule has 0 saturated heterocycles. The molecule has 0 saturated carbocycles. The van der Waals surface area contributed by atoms with E-state index in [0.717, 1.165) is 29.8 Å².